The number of aliphatic hydroxyl groups excluding tert-OH is 1. The third-order valence-corrected chi connectivity index (χ3v) is 6.30. The van der Waals surface area contributed by atoms with E-state index in [1.807, 2.05) is 13.0 Å². The first kappa shape index (κ1) is 24.2. The van der Waals surface area contributed by atoms with Crippen molar-refractivity contribution in [3.05, 3.63) is 35.6 Å². The summed E-state index contributed by atoms with van der Waals surface area (Å²) in [6.07, 6.45) is 0.917. The van der Waals surface area contributed by atoms with Crippen molar-refractivity contribution in [3.63, 3.8) is 0 Å². The van der Waals surface area contributed by atoms with Crippen LogP contribution in [0.5, 0.6) is 5.88 Å². The molecular formula is C25H33FN4O4. The van der Waals surface area contributed by atoms with Gasteiger partial charge in [-0.3, -0.25) is 0 Å². The molecule has 1 aromatic heterocycles. The van der Waals surface area contributed by atoms with Gasteiger partial charge in [0.15, 0.2) is 0 Å². The molecule has 2 aliphatic heterocycles. The molecule has 0 unspecified atom stereocenters. The first-order valence-corrected chi connectivity index (χ1v) is 11.7. The van der Waals surface area contributed by atoms with E-state index in [0.29, 0.717) is 45.3 Å². The van der Waals surface area contributed by atoms with Gasteiger partial charge in [-0.25, -0.2) is 9.18 Å². The second-order valence-corrected chi connectivity index (χ2v) is 9.64. The number of pyridine rings is 1. The van der Waals surface area contributed by atoms with Crippen molar-refractivity contribution < 1.29 is 23.8 Å². The Labute approximate surface area is 199 Å². The number of halogens is 1. The zero-order valence-corrected chi connectivity index (χ0v) is 20.1. The number of carbonyl (C=O) groups is 1. The molecule has 2 fully saturated rings. The van der Waals surface area contributed by atoms with Gasteiger partial charge < -0.3 is 29.7 Å². The topological polar surface area (TPSA) is 87.2 Å². The number of ether oxygens (including phenoxy) is 2. The minimum atomic E-state index is -0.479. The smallest absolute Gasteiger partial charge is 0.321 e. The number of aryl methyl sites for hydroxylation is 1. The van der Waals surface area contributed by atoms with Crippen molar-refractivity contribution in [2.24, 2.45) is 5.41 Å². The van der Waals surface area contributed by atoms with Crippen LogP contribution in [0.4, 0.5) is 20.7 Å². The van der Waals surface area contributed by atoms with Gasteiger partial charge in [0.25, 0.3) is 0 Å². The molecule has 3 heterocycles. The Morgan fingerprint density at radius 3 is 2.68 bits per heavy atom. The lowest BCUT2D eigenvalue weighted by Gasteiger charge is -2.28. The van der Waals surface area contributed by atoms with Gasteiger partial charge in [0.1, 0.15) is 18.2 Å². The van der Waals surface area contributed by atoms with Crippen LogP contribution in [0.3, 0.4) is 0 Å². The van der Waals surface area contributed by atoms with Gasteiger partial charge in [-0.2, -0.15) is 4.98 Å². The number of likely N-dealkylation sites (tertiary alicyclic amines) is 1. The number of hydrogen-bond acceptors (Lipinski definition) is 6. The minimum Gasteiger partial charge on any atom is -0.475 e. The van der Waals surface area contributed by atoms with E-state index in [0.717, 1.165) is 28.9 Å². The number of anilines is 2. The van der Waals surface area contributed by atoms with E-state index in [-0.39, 0.29) is 30.3 Å². The predicted octanol–water partition coefficient (Wildman–Crippen LogP) is 3.67. The summed E-state index contributed by atoms with van der Waals surface area (Å²) in [7, 11) is 0. The number of carbonyl (C=O) groups excluding carboxylic acids is 1. The van der Waals surface area contributed by atoms with Gasteiger partial charge in [0, 0.05) is 32.2 Å². The number of aliphatic hydroxyl groups is 1. The summed E-state index contributed by atoms with van der Waals surface area (Å²) in [5.41, 5.74) is 2.48. The number of rotatable bonds is 6. The second kappa shape index (κ2) is 10.1. The standard InChI is InChI=1S/C25H33FN4O4/c1-17-12-20(26)21(27-24(32)30-5-4-25(2,3)16-30)15-19(17)18-13-22(29-6-9-33-10-7-29)28-23(14-18)34-11-8-31/h12-15,31H,4-11,16H2,1-3H3,(H,27,32). The Morgan fingerprint density at radius 1 is 1.24 bits per heavy atom. The number of hydrogen-bond donors (Lipinski definition) is 2. The Balaban J connectivity index is 1.65. The highest BCUT2D eigenvalue weighted by Crippen LogP contribution is 2.34. The molecule has 0 saturated carbocycles. The molecule has 34 heavy (non-hydrogen) atoms. The van der Waals surface area contributed by atoms with Gasteiger partial charge >= 0.3 is 6.03 Å². The molecule has 1 aromatic carbocycles. The average molecular weight is 473 g/mol. The van der Waals surface area contributed by atoms with E-state index in [4.69, 9.17) is 9.47 Å². The van der Waals surface area contributed by atoms with E-state index in [9.17, 15) is 14.3 Å². The normalized spacial score (nSPS) is 17.7. The molecule has 0 radical (unpaired) electrons. The fourth-order valence-electron chi connectivity index (χ4n) is 4.38. The van der Waals surface area contributed by atoms with Crippen LogP contribution in [0, 0.1) is 18.2 Å². The zero-order chi connectivity index (χ0) is 24.3. The largest absolute Gasteiger partial charge is 0.475 e. The van der Waals surface area contributed by atoms with Crippen LogP contribution in [0.25, 0.3) is 11.1 Å². The van der Waals surface area contributed by atoms with Crippen LogP contribution in [-0.4, -0.2) is 73.6 Å². The molecule has 2 saturated heterocycles. The van der Waals surface area contributed by atoms with E-state index in [2.05, 4.69) is 29.0 Å². The highest BCUT2D eigenvalue weighted by molar-refractivity contribution is 5.91. The van der Waals surface area contributed by atoms with Crippen molar-refractivity contribution in [2.75, 3.05) is 62.8 Å². The van der Waals surface area contributed by atoms with Crippen LogP contribution in [0.1, 0.15) is 25.8 Å². The zero-order valence-electron chi connectivity index (χ0n) is 20.1. The number of nitrogens with zero attached hydrogens (tertiary/aromatic N) is 3. The minimum absolute atomic E-state index is 0.0617. The third kappa shape index (κ3) is 5.59. The molecule has 0 bridgehead atoms. The molecule has 9 heteroatoms. The maximum atomic E-state index is 14.8. The summed E-state index contributed by atoms with van der Waals surface area (Å²) in [6, 6.07) is 6.51. The number of nitrogens with one attached hydrogen (secondary N) is 1. The van der Waals surface area contributed by atoms with Crippen molar-refractivity contribution in [1.29, 1.82) is 0 Å². The second-order valence-electron chi connectivity index (χ2n) is 9.64. The molecule has 184 valence electrons. The van der Waals surface area contributed by atoms with E-state index >= 15 is 0 Å². The van der Waals surface area contributed by atoms with Gasteiger partial charge in [-0.05, 0) is 53.6 Å². The summed E-state index contributed by atoms with van der Waals surface area (Å²) in [5, 5.41) is 11.9. The van der Waals surface area contributed by atoms with Crippen molar-refractivity contribution >= 4 is 17.5 Å². The molecule has 2 amide bonds. The van der Waals surface area contributed by atoms with Crippen LogP contribution < -0.4 is 15.0 Å². The monoisotopic (exact) mass is 472 g/mol. The Morgan fingerprint density at radius 2 is 2.00 bits per heavy atom. The molecule has 8 nitrogen and oxygen atoms in total. The summed E-state index contributed by atoms with van der Waals surface area (Å²) in [6.45, 7) is 9.97. The first-order chi connectivity index (χ1) is 16.3. The molecular weight excluding hydrogens is 439 g/mol. The lowest BCUT2D eigenvalue weighted by atomic mass is 9.93. The molecule has 0 spiro atoms. The Hall–Kier alpha value is -2.91. The third-order valence-electron chi connectivity index (χ3n) is 6.30. The summed E-state index contributed by atoms with van der Waals surface area (Å²) >= 11 is 0. The van der Waals surface area contributed by atoms with E-state index in [1.54, 1.807) is 17.0 Å². The highest BCUT2D eigenvalue weighted by Gasteiger charge is 2.32. The van der Waals surface area contributed by atoms with Gasteiger partial charge in [0.2, 0.25) is 5.88 Å². The number of benzene rings is 1. The SMILES string of the molecule is Cc1cc(F)c(NC(=O)N2CCC(C)(C)C2)cc1-c1cc(OCCO)nc(N2CCOCC2)c1. The van der Waals surface area contributed by atoms with E-state index < -0.39 is 5.82 Å². The van der Waals surface area contributed by atoms with Crippen LogP contribution >= 0.6 is 0 Å². The molecule has 0 aliphatic carbocycles. The number of amides is 2. The van der Waals surface area contributed by atoms with Crippen molar-refractivity contribution in [3.8, 4) is 17.0 Å². The van der Waals surface area contributed by atoms with Crippen LogP contribution in [-0.2, 0) is 4.74 Å². The highest BCUT2D eigenvalue weighted by atomic mass is 19.1. The lowest BCUT2D eigenvalue weighted by Crippen LogP contribution is -2.36. The van der Waals surface area contributed by atoms with Crippen molar-refractivity contribution in [1.82, 2.24) is 9.88 Å². The number of aromatic nitrogens is 1. The fraction of sp³-hybridized carbons (Fsp3) is 0.520. The summed E-state index contributed by atoms with van der Waals surface area (Å²) in [5.74, 6) is 0.622. The van der Waals surface area contributed by atoms with Gasteiger partial charge in [-0.15, -0.1) is 0 Å². The molecule has 2 N–H and O–H groups in total. The first-order valence-electron chi connectivity index (χ1n) is 11.7. The molecule has 4 rings (SSSR count). The van der Waals surface area contributed by atoms with Crippen LogP contribution in [0.15, 0.2) is 24.3 Å². The average Bonchev–Trinajstić information content (AvgIpc) is 3.19. The Bertz CT molecular complexity index is 1040. The molecule has 2 aliphatic rings. The summed E-state index contributed by atoms with van der Waals surface area (Å²) in [4.78, 5) is 21.2. The quantitative estimate of drug-likeness (QED) is 0.667. The fourth-order valence-corrected chi connectivity index (χ4v) is 4.38. The number of morpholine rings is 1. The van der Waals surface area contributed by atoms with Crippen molar-refractivity contribution in [2.45, 2.75) is 27.2 Å². The predicted molar refractivity (Wildman–Crippen MR) is 129 cm³/mol. The van der Waals surface area contributed by atoms with Gasteiger partial charge in [0.05, 0.1) is 25.5 Å². The lowest BCUT2D eigenvalue weighted by molar-refractivity contribution is 0.122. The maximum Gasteiger partial charge on any atom is 0.321 e. The number of urea groups is 1. The van der Waals surface area contributed by atoms with Gasteiger partial charge in [-0.1, -0.05) is 13.8 Å². The summed E-state index contributed by atoms with van der Waals surface area (Å²) < 4.78 is 25.9. The molecule has 2 aromatic rings. The van der Waals surface area contributed by atoms with Crippen LogP contribution in [0.2, 0.25) is 0 Å². The van der Waals surface area contributed by atoms with E-state index in [1.165, 1.54) is 6.07 Å². The molecule has 0 atom stereocenters. The maximum absolute atomic E-state index is 14.8. The Kier molecular flexibility index (Phi) is 7.23.